The van der Waals surface area contributed by atoms with Crippen LogP contribution in [0.1, 0.15) is 24.9 Å². The van der Waals surface area contributed by atoms with Crippen LogP contribution in [0.4, 0.5) is 5.69 Å². The summed E-state index contributed by atoms with van der Waals surface area (Å²) < 4.78 is 0. The van der Waals surface area contributed by atoms with Gasteiger partial charge in [-0.1, -0.05) is 53.5 Å². The smallest absolute Gasteiger partial charge is 0.227 e. The van der Waals surface area contributed by atoms with Crippen molar-refractivity contribution < 1.29 is 9.59 Å². The van der Waals surface area contributed by atoms with Crippen molar-refractivity contribution >= 4 is 40.7 Å². The minimum absolute atomic E-state index is 0.0918. The average Bonchev–Trinajstić information content (AvgIpc) is 3.00. The Kier molecular flexibility index (Phi) is 5.30. The molecule has 2 aromatic rings. The molecule has 2 amide bonds. The second-order valence-corrected chi connectivity index (χ2v) is 6.96. The van der Waals surface area contributed by atoms with Gasteiger partial charge in [-0.15, -0.1) is 0 Å². The summed E-state index contributed by atoms with van der Waals surface area (Å²) in [5, 5.41) is 3.81. The molecule has 1 aliphatic rings. The lowest BCUT2D eigenvalue weighted by molar-refractivity contribution is -0.126. The first-order valence-corrected chi connectivity index (χ1v) is 8.82. The molecular formula is C19H18Cl2N2O2. The van der Waals surface area contributed by atoms with Gasteiger partial charge in [0, 0.05) is 18.7 Å². The van der Waals surface area contributed by atoms with E-state index in [0.717, 1.165) is 5.56 Å². The van der Waals surface area contributed by atoms with Crippen LogP contribution in [-0.2, 0) is 9.59 Å². The first kappa shape index (κ1) is 17.8. The van der Waals surface area contributed by atoms with Gasteiger partial charge in [-0.2, -0.15) is 0 Å². The standard InChI is InChI=1S/C19H18Cl2N2O2/c1-12(13-5-3-2-4-6-13)22-19(25)14-9-18(24)23(11-14)15-7-8-16(20)17(21)10-15/h2-8,10,12,14H,9,11H2,1H3,(H,22,25). The van der Waals surface area contributed by atoms with Crippen molar-refractivity contribution in [3.05, 3.63) is 64.1 Å². The summed E-state index contributed by atoms with van der Waals surface area (Å²) in [5.41, 5.74) is 1.69. The summed E-state index contributed by atoms with van der Waals surface area (Å²) in [7, 11) is 0. The maximum atomic E-state index is 12.5. The van der Waals surface area contributed by atoms with E-state index in [1.165, 1.54) is 0 Å². The van der Waals surface area contributed by atoms with Crippen LogP contribution in [0.2, 0.25) is 10.0 Å². The SMILES string of the molecule is CC(NC(=O)C1CC(=O)N(c2ccc(Cl)c(Cl)c2)C1)c1ccccc1. The van der Waals surface area contributed by atoms with Gasteiger partial charge in [0.1, 0.15) is 0 Å². The van der Waals surface area contributed by atoms with Gasteiger partial charge in [-0.3, -0.25) is 9.59 Å². The Morgan fingerprint density at radius 3 is 2.56 bits per heavy atom. The number of benzene rings is 2. The summed E-state index contributed by atoms with van der Waals surface area (Å²) in [6.07, 6.45) is 0.188. The molecule has 3 rings (SSSR count). The number of nitrogens with zero attached hydrogens (tertiary/aromatic N) is 1. The number of halogens is 2. The third kappa shape index (κ3) is 3.97. The minimum atomic E-state index is -0.381. The number of carbonyl (C=O) groups is 2. The number of carbonyl (C=O) groups excluding carboxylic acids is 2. The topological polar surface area (TPSA) is 49.4 Å². The van der Waals surface area contributed by atoms with Crippen molar-refractivity contribution in [2.24, 2.45) is 5.92 Å². The Morgan fingerprint density at radius 2 is 1.88 bits per heavy atom. The van der Waals surface area contributed by atoms with Gasteiger partial charge in [0.15, 0.2) is 0 Å². The van der Waals surface area contributed by atoms with Gasteiger partial charge in [0.2, 0.25) is 11.8 Å². The fraction of sp³-hybridized carbons (Fsp3) is 0.263. The lowest BCUT2D eigenvalue weighted by Gasteiger charge is -2.19. The molecule has 0 aromatic heterocycles. The summed E-state index contributed by atoms with van der Waals surface area (Å²) in [6, 6.07) is 14.7. The van der Waals surface area contributed by atoms with Crippen LogP contribution < -0.4 is 10.2 Å². The van der Waals surface area contributed by atoms with Crippen LogP contribution in [0.5, 0.6) is 0 Å². The summed E-state index contributed by atoms with van der Waals surface area (Å²) in [4.78, 5) is 26.4. The molecule has 1 fully saturated rings. The quantitative estimate of drug-likeness (QED) is 0.867. The molecule has 0 spiro atoms. The fourth-order valence-electron chi connectivity index (χ4n) is 2.94. The molecule has 1 heterocycles. The molecule has 4 nitrogen and oxygen atoms in total. The largest absolute Gasteiger partial charge is 0.349 e. The Balaban J connectivity index is 1.67. The van der Waals surface area contributed by atoms with E-state index in [1.807, 2.05) is 37.3 Å². The molecule has 0 radical (unpaired) electrons. The van der Waals surface area contributed by atoms with Crippen LogP contribution in [0.15, 0.2) is 48.5 Å². The summed E-state index contributed by atoms with van der Waals surface area (Å²) in [6.45, 7) is 2.27. The van der Waals surface area contributed by atoms with Gasteiger partial charge in [0.25, 0.3) is 0 Å². The van der Waals surface area contributed by atoms with Crippen LogP contribution in [0.25, 0.3) is 0 Å². The monoisotopic (exact) mass is 376 g/mol. The van der Waals surface area contributed by atoms with Crippen molar-refractivity contribution in [2.45, 2.75) is 19.4 Å². The predicted octanol–water partition coefficient (Wildman–Crippen LogP) is 4.22. The molecule has 1 aliphatic heterocycles. The lowest BCUT2D eigenvalue weighted by atomic mass is 10.1. The van der Waals surface area contributed by atoms with Crippen LogP contribution in [0, 0.1) is 5.92 Å². The van der Waals surface area contributed by atoms with Crippen LogP contribution in [-0.4, -0.2) is 18.4 Å². The number of anilines is 1. The summed E-state index contributed by atoms with van der Waals surface area (Å²) >= 11 is 11.9. The number of hydrogen-bond donors (Lipinski definition) is 1. The van der Waals surface area contributed by atoms with Gasteiger partial charge in [-0.05, 0) is 30.7 Å². The third-order valence-electron chi connectivity index (χ3n) is 4.37. The molecule has 1 saturated heterocycles. The number of nitrogens with one attached hydrogen (secondary N) is 1. The first-order chi connectivity index (χ1) is 12.0. The zero-order valence-corrected chi connectivity index (χ0v) is 15.2. The molecule has 2 unspecified atom stereocenters. The van der Waals surface area contributed by atoms with E-state index >= 15 is 0 Å². The van der Waals surface area contributed by atoms with Gasteiger partial charge in [-0.25, -0.2) is 0 Å². The zero-order valence-electron chi connectivity index (χ0n) is 13.7. The normalized spacial score (nSPS) is 18.3. The molecule has 0 bridgehead atoms. The van der Waals surface area contributed by atoms with Gasteiger partial charge < -0.3 is 10.2 Å². The molecule has 2 aromatic carbocycles. The van der Waals surface area contributed by atoms with E-state index in [2.05, 4.69) is 5.32 Å². The Morgan fingerprint density at radius 1 is 1.16 bits per heavy atom. The Hall–Kier alpha value is -2.04. The Labute approximate surface area is 156 Å². The maximum absolute atomic E-state index is 12.5. The highest BCUT2D eigenvalue weighted by atomic mass is 35.5. The van der Waals surface area contributed by atoms with Crippen molar-refractivity contribution in [3.8, 4) is 0 Å². The molecule has 1 N–H and O–H groups in total. The third-order valence-corrected chi connectivity index (χ3v) is 5.11. The average molecular weight is 377 g/mol. The van der Waals surface area contributed by atoms with E-state index in [4.69, 9.17) is 23.2 Å². The molecule has 0 saturated carbocycles. The second kappa shape index (κ2) is 7.46. The van der Waals surface area contributed by atoms with E-state index in [9.17, 15) is 9.59 Å². The maximum Gasteiger partial charge on any atom is 0.227 e. The van der Waals surface area contributed by atoms with E-state index in [1.54, 1.807) is 23.1 Å². The highest BCUT2D eigenvalue weighted by Crippen LogP contribution is 2.31. The molecular weight excluding hydrogens is 359 g/mol. The molecule has 6 heteroatoms. The first-order valence-electron chi connectivity index (χ1n) is 8.06. The van der Waals surface area contributed by atoms with E-state index in [0.29, 0.717) is 22.3 Å². The molecule has 0 aliphatic carbocycles. The minimum Gasteiger partial charge on any atom is -0.349 e. The van der Waals surface area contributed by atoms with Gasteiger partial charge >= 0.3 is 0 Å². The molecule has 2 atom stereocenters. The lowest BCUT2D eigenvalue weighted by Crippen LogP contribution is -2.34. The predicted molar refractivity (Wildman–Crippen MR) is 99.9 cm³/mol. The van der Waals surface area contributed by atoms with Crippen molar-refractivity contribution in [3.63, 3.8) is 0 Å². The van der Waals surface area contributed by atoms with Gasteiger partial charge in [0.05, 0.1) is 22.0 Å². The second-order valence-electron chi connectivity index (χ2n) is 6.14. The van der Waals surface area contributed by atoms with Crippen molar-refractivity contribution in [1.29, 1.82) is 0 Å². The molecule has 25 heavy (non-hydrogen) atoms. The van der Waals surface area contributed by atoms with Crippen molar-refractivity contribution in [1.82, 2.24) is 5.32 Å². The summed E-state index contributed by atoms with van der Waals surface area (Å²) in [5.74, 6) is -0.591. The highest BCUT2D eigenvalue weighted by Gasteiger charge is 2.35. The molecule has 130 valence electrons. The Bertz CT molecular complexity index is 795. The number of rotatable bonds is 4. The van der Waals surface area contributed by atoms with Crippen LogP contribution >= 0.6 is 23.2 Å². The van der Waals surface area contributed by atoms with Crippen molar-refractivity contribution in [2.75, 3.05) is 11.4 Å². The highest BCUT2D eigenvalue weighted by molar-refractivity contribution is 6.42. The zero-order chi connectivity index (χ0) is 18.0. The fourth-order valence-corrected chi connectivity index (χ4v) is 3.23. The van der Waals surface area contributed by atoms with E-state index < -0.39 is 0 Å². The van der Waals surface area contributed by atoms with Crippen LogP contribution in [0.3, 0.4) is 0 Å². The number of amides is 2. The number of hydrogen-bond acceptors (Lipinski definition) is 2. The van der Waals surface area contributed by atoms with E-state index in [-0.39, 0.29) is 30.2 Å².